The molecular weight excluding hydrogens is 218 g/mol. The highest BCUT2D eigenvalue weighted by Crippen LogP contribution is 2.33. The van der Waals surface area contributed by atoms with Gasteiger partial charge in [0.05, 0.1) is 18.8 Å². The summed E-state index contributed by atoms with van der Waals surface area (Å²) in [4.78, 5) is 11.6. The van der Waals surface area contributed by atoms with E-state index in [1.165, 1.54) is 0 Å². The lowest BCUT2D eigenvalue weighted by molar-refractivity contribution is -0.141. The van der Waals surface area contributed by atoms with E-state index in [1.54, 1.807) is 5.01 Å². The molecule has 2 aliphatic rings. The minimum Gasteiger partial charge on any atom is -0.464 e. The van der Waals surface area contributed by atoms with Crippen molar-refractivity contribution in [2.45, 2.75) is 18.9 Å². The summed E-state index contributed by atoms with van der Waals surface area (Å²) in [7, 11) is 0. The maximum absolute atomic E-state index is 11.6. The number of carbonyl (C=O) groups is 1. The van der Waals surface area contributed by atoms with Crippen LogP contribution in [-0.4, -0.2) is 24.7 Å². The van der Waals surface area contributed by atoms with Gasteiger partial charge in [-0.3, -0.25) is 0 Å². The molecule has 1 fully saturated rings. The Morgan fingerprint density at radius 3 is 3.06 bits per heavy atom. The van der Waals surface area contributed by atoms with Gasteiger partial charge in [0.1, 0.15) is 0 Å². The molecule has 0 N–H and O–H groups in total. The number of ether oxygens (including phenoxy) is 1. The minimum atomic E-state index is -0.760. The molecule has 2 heterocycles. The van der Waals surface area contributed by atoms with Crippen LogP contribution in [0, 0.1) is 6.92 Å². The molecule has 1 aromatic rings. The van der Waals surface area contributed by atoms with Crippen LogP contribution in [0.15, 0.2) is 34.6 Å². The van der Waals surface area contributed by atoms with Gasteiger partial charge in [0.2, 0.25) is 5.54 Å². The number of carbonyl (C=O) groups excluding carboxylic acids is 1. The molecule has 5 heteroatoms. The van der Waals surface area contributed by atoms with E-state index in [-0.39, 0.29) is 5.97 Å². The minimum absolute atomic E-state index is 0.253. The largest absolute Gasteiger partial charge is 0.464 e. The lowest BCUT2D eigenvalue weighted by Gasteiger charge is -2.17. The molecule has 0 aromatic heterocycles. The third-order valence-corrected chi connectivity index (χ3v) is 3.18. The van der Waals surface area contributed by atoms with Crippen LogP contribution in [-0.2, 0) is 9.53 Å². The van der Waals surface area contributed by atoms with Gasteiger partial charge < -0.3 is 4.74 Å². The monoisotopic (exact) mass is 231 g/mol. The summed E-state index contributed by atoms with van der Waals surface area (Å²) in [5, 5.41) is 9.97. The molecule has 1 aromatic carbocycles. The number of nitrogens with zero attached hydrogens (tertiary/aromatic N) is 3. The second-order valence-electron chi connectivity index (χ2n) is 4.50. The number of aryl methyl sites for hydroxylation is 1. The molecule has 17 heavy (non-hydrogen) atoms. The van der Waals surface area contributed by atoms with Crippen molar-refractivity contribution in [2.75, 3.05) is 18.2 Å². The quantitative estimate of drug-likeness (QED) is 0.693. The molecule has 0 saturated carbocycles. The lowest BCUT2D eigenvalue weighted by atomic mass is 9.99. The molecule has 5 nitrogen and oxygen atoms in total. The van der Waals surface area contributed by atoms with Crippen LogP contribution in [0.5, 0.6) is 0 Å². The number of hydrogen-bond acceptors (Lipinski definition) is 5. The predicted octanol–water partition coefficient (Wildman–Crippen LogP) is 1.87. The summed E-state index contributed by atoms with van der Waals surface area (Å²) in [6.07, 6.45) is 0.623. The number of anilines is 1. The lowest BCUT2D eigenvalue weighted by Crippen LogP contribution is -2.38. The van der Waals surface area contributed by atoms with Crippen LogP contribution in [0.3, 0.4) is 0 Å². The Balaban J connectivity index is 1.86. The van der Waals surface area contributed by atoms with Gasteiger partial charge in [-0.05, 0) is 24.6 Å². The van der Waals surface area contributed by atoms with Gasteiger partial charge in [-0.25, -0.2) is 9.80 Å². The van der Waals surface area contributed by atoms with Crippen molar-refractivity contribution >= 4 is 11.7 Å². The van der Waals surface area contributed by atoms with Crippen LogP contribution in [0.2, 0.25) is 0 Å². The van der Waals surface area contributed by atoms with Crippen molar-refractivity contribution in [3.05, 3.63) is 29.8 Å². The van der Waals surface area contributed by atoms with E-state index in [0.29, 0.717) is 19.6 Å². The van der Waals surface area contributed by atoms with Crippen molar-refractivity contribution in [1.82, 2.24) is 0 Å². The van der Waals surface area contributed by atoms with Gasteiger partial charge in [-0.15, -0.1) is 5.11 Å². The standard InChI is InChI=1S/C12H13N3O2/c1-9-3-2-4-10(7-9)15-8-12(13-14-15)5-6-17-11(12)16/h2-4,7H,5-6,8H2,1H3. The average molecular weight is 231 g/mol. The summed E-state index contributed by atoms with van der Waals surface area (Å²) in [6, 6.07) is 7.98. The maximum atomic E-state index is 11.6. The van der Waals surface area contributed by atoms with E-state index >= 15 is 0 Å². The Morgan fingerprint density at radius 1 is 1.47 bits per heavy atom. The summed E-state index contributed by atoms with van der Waals surface area (Å²) < 4.78 is 4.98. The summed E-state index contributed by atoms with van der Waals surface area (Å²) in [5.74, 6) is -0.253. The number of hydrogen-bond donors (Lipinski definition) is 0. The molecular formula is C12H13N3O2. The Morgan fingerprint density at radius 2 is 2.35 bits per heavy atom. The summed E-state index contributed by atoms with van der Waals surface area (Å²) in [6.45, 7) is 2.95. The fourth-order valence-corrected chi connectivity index (χ4v) is 2.17. The molecule has 2 aliphatic heterocycles. The zero-order valence-electron chi connectivity index (χ0n) is 9.59. The van der Waals surface area contributed by atoms with E-state index in [1.807, 2.05) is 31.2 Å². The van der Waals surface area contributed by atoms with Crippen LogP contribution in [0.4, 0.5) is 5.69 Å². The SMILES string of the molecule is Cc1cccc(N2CC3(CCOC3=O)N=N2)c1. The van der Waals surface area contributed by atoms with Crippen molar-refractivity contribution < 1.29 is 9.53 Å². The van der Waals surface area contributed by atoms with E-state index in [0.717, 1.165) is 11.3 Å². The van der Waals surface area contributed by atoms with Gasteiger partial charge in [0, 0.05) is 6.42 Å². The first-order valence-electron chi connectivity index (χ1n) is 5.64. The van der Waals surface area contributed by atoms with Gasteiger partial charge in [-0.2, -0.15) is 0 Å². The first-order chi connectivity index (χ1) is 8.20. The van der Waals surface area contributed by atoms with E-state index in [4.69, 9.17) is 4.74 Å². The second-order valence-corrected chi connectivity index (χ2v) is 4.50. The summed E-state index contributed by atoms with van der Waals surface area (Å²) >= 11 is 0. The molecule has 88 valence electrons. The van der Waals surface area contributed by atoms with Crippen molar-refractivity contribution in [2.24, 2.45) is 10.3 Å². The van der Waals surface area contributed by atoms with E-state index in [2.05, 4.69) is 10.3 Å². The van der Waals surface area contributed by atoms with E-state index in [9.17, 15) is 4.79 Å². The number of benzene rings is 1. The van der Waals surface area contributed by atoms with Crippen LogP contribution < -0.4 is 5.01 Å². The van der Waals surface area contributed by atoms with E-state index < -0.39 is 5.54 Å². The van der Waals surface area contributed by atoms with Gasteiger partial charge in [-0.1, -0.05) is 17.4 Å². The first-order valence-corrected chi connectivity index (χ1v) is 5.64. The van der Waals surface area contributed by atoms with Crippen LogP contribution >= 0.6 is 0 Å². The number of rotatable bonds is 1. The molecule has 0 amide bonds. The van der Waals surface area contributed by atoms with Crippen molar-refractivity contribution in [3.63, 3.8) is 0 Å². The average Bonchev–Trinajstić information content (AvgIpc) is 2.89. The molecule has 1 unspecified atom stereocenters. The fraction of sp³-hybridized carbons (Fsp3) is 0.417. The second kappa shape index (κ2) is 3.55. The smallest absolute Gasteiger partial charge is 0.338 e. The highest BCUT2D eigenvalue weighted by Gasteiger charge is 2.50. The topological polar surface area (TPSA) is 54.3 Å². The first kappa shape index (κ1) is 10.3. The van der Waals surface area contributed by atoms with Gasteiger partial charge in [0.15, 0.2) is 0 Å². The zero-order valence-corrected chi connectivity index (χ0v) is 9.59. The van der Waals surface area contributed by atoms with Crippen LogP contribution in [0.1, 0.15) is 12.0 Å². The molecule has 0 radical (unpaired) electrons. The Labute approximate surface area is 99.1 Å². The molecule has 1 spiro atoms. The third-order valence-electron chi connectivity index (χ3n) is 3.18. The number of cyclic esters (lactones) is 1. The number of esters is 1. The normalized spacial score (nSPS) is 26.9. The highest BCUT2D eigenvalue weighted by atomic mass is 16.5. The van der Waals surface area contributed by atoms with Gasteiger partial charge >= 0.3 is 5.97 Å². The Bertz CT molecular complexity index is 500. The van der Waals surface area contributed by atoms with Crippen molar-refractivity contribution in [1.29, 1.82) is 0 Å². The third kappa shape index (κ3) is 1.58. The molecule has 3 rings (SSSR count). The summed E-state index contributed by atoms with van der Waals surface area (Å²) in [5.41, 5.74) is 1.36. The van der Waals surface area contributed by atoms with Crippen molar-refractivity contribution in [3.8, 4) is 0 Å². The molecule has 1 atom stereocenters. The highest BCUT2D eigenvalue weighted by molar-refractivity contribution is 5.84. The fourth-order valence-electron chi connectivity index (χ4n) is 2.17. The predicted molar refractivity (Wildman–Crippen MR) is 61.7 cm³/mol. The van der Waals surface area contributed by atoms with Gasteiger partial charge in [0.25, 0.3) is 0 Å². The molecule has 0 aliphatic carbocycles. The Hall–Kier alpha value is -1.91. The molecule has 1 saturated heterocycles. The Kier molecular flexibility index (Phi) is 2.14. The maximum Gasteiger partial charge on any atom is 0.338 e. The van der Waals surface area contributed by atoms with Crippen LogP contribution in [0.25, 0.3) is 0 Å². The zero-order chi connectivity index (χ0) is 11.9. The molecule has 0 bridgehead atoms.